The average molecular weight is 277 g/mol. The van der Waals surface area contributed by atoms with Crippen molar-refractivity contribution in [3.05, 3.63) is 46.7 Å². The summed E-state index contributed by atoms with van der Waals surface area (Å²) in [6.07, 6.45) is 0. The second-order valence-corrected chi connectivity index (χ2v) is 4.32. The van der Waals surface area contributed by atoms with Crippen LogP contribution in [0, 0.1) is 6.92 Å². The lowest BCUT2D eigenvalue weighted by atomic mass is 10.2. The van der Waals surface area contributed by atoms with Gasteiger partial charge in [-0.05, 0) is 31.2 Å². The van der Waals surface area contributed by atoms with Gasteiger partial charge in [0.25, 0.3) is 5.91 Å². The van der Waals surface area contributed by atoms with Crippen molar-refractivity contribution < 1.29 is 4.79 Å². The zero-order valence-electron chi connectivity index (χ0n) is 10.6. The normalized spacial score (nSPS) is 10.1. The molecule has 2 rings (SSSR count). The maximum Gasteiger partial charge on any atom is 0.257 e. The van der Waals surface area contributed by atoms with Crippen LogP contribution in [0.2, 0.25) is 5.15 Å². The molecule has 0 bridgehead atoms. The number of rotatable bonds is 3. The number of amides is 1. The minimum Gasteiger partial charge on any atom is -0.373 e. The first kappa shape index (κ1) is 13.3. The highest BCUT2D eigenvalue weighted by atomic mass is 35.5. The minimum atomic E-state index is -0.279. The zero-order chi connectivity index (χ0) is 13.8. The Morgan fingerprint density at radius 2 is 2.00 bits per heavy atom. The molecular formula is C13H13ClN4O. The standard InChI is InChI=1S/C13H13ClN4O/c1-8-4-3-5-11(16-8)18-13(19)9-6-10(14)17-12(7-9)15-2/h3-7H,1-2H3,(H,15,17)(H,16,18,19). The molecule has 0 aliphatic heterocycles. The summed E-state index contributed by atoms with van der Waals surface area (Å²) in [6.45, 7) is 1.86. The highest BCUT2D eigenvalue weighted by Crippen LogP contribution is 2.15. The van der Waals surface area contributed by atoms with Gasteiger partial charge in [-0.3, -0.25) is 4.79 Å². The van der Waals surface area contributed by atoms with E-state index in [2.05, 4.69) is 20.6 Å². The summed E-state index contributed by atoms with van der Waals surface area (Å²) in [7, 11) is 1.71. The number of hydrogen-bond acceptors (Lipinski definition) is 4. The van der Waals surface area contributed by atoms with Gasteiger partial charge in [-0.25, -0.2) is 9.97 Å². The molecule has 2 aromatic heterocycles. The maximum atomic E-state index is 12.1. The van der Waals surface area contributed by atoms with Crippen LogP contribution in [0.25, 0.3) is 0 Å². The van der Waals surface area contributed by atoms with Gasteiger partial charge in [0.1, 0.15) is 16.8 Å². The van der Waals surface area contributed by atoms with Crippen molar-refractivity contribution >= 4 is 29.1 Å². The summed E-state index contributed by atoms with van der Waals surface area (Å²) < 4.78 is 0. The molecule has 0 saturated carbocycles. The number of anilines is 2. The molecule has 0 unspecified atom stereocenters. The fourth-order valence-electron chi connectivity index (χ4n) is 1.56. The van der Waals surface area contributed by atoms with Gasteiger partial charge in [-0.2, -0.15) is 0 Å². The Balaban J connectivity index is 2.22. The van der Waals surface area contributed by atoms with E-state index in [1.165, 1.54) is 6.07 Å². The molecule has 2 N–H and O–H groups in total. The van der Waals surface area contributed by atoms with E-state index in [9.17, 15) is 4.79 Å². The number of aryl methyl sites for hydroxylation is 1. The fraction of sp³-hybridized carbons (Fsp3) is 0.154. The van der Waals surface area contributed by atoms with Crippen LogP contribution in [0.15, 0.2) is 30.3 Å². The van der Waals surface area contributed by atoms with Crippen LogP contribution in [0.4, 0.5) is 11.6 Å². The predicted molar refractivity (Wildman–Crippen MR) is 75.7 cm³/mol. The van der Waals surface area contributed by atoms with Crippen LogP contribution < -0.4 is 10.6 Å². The number of aromatic nitrogens is 2. The summed E-state index contributed by atoms with van der Waals surface area (Å²) >= 11 is 5.85. The summed E-state index contributed by atoms with van der Waals surface area (Å²) in [5.74, 6) is 0.762. The van der Waals surface area contributed by atoms with Crippen LogP contribution in [-0.2, 0) is 0 Å². The maximum absolute atomic E-state index is 12.1. The molecule has 0 atom stereocenters. The average Bonchev–Trinajstić information content (AvgIpc) is 2.38. The Kier molecular flexibility index (Phi) is 3.97. The molecule has 1 amide bonds. The van der Waals surface area contributed by atoms with Crippen molar-refractivity contribution in [3.63, 3.8) is 0 Å². The Hall–Kier alpha value is -2.14. The molecule has 0 fully saturated rings. The quantitative estimate of drug-likeness (QED) is 0.846. The molecule has 98 valence electrons. The fourth-order valence-corrected chi connectivity index (χ4v) is 1.77. The molecule has 5 nitrogen and oxygen atoms in total. The second kappa shape index (κ2) is 5.67. The first-order valence-electron chi connectivity index (χ1n) is 5.69. The van der Waals surface area contributed by atoms with Crippen molar-refractivity contribution in [1.29, 1.82) is 0 Å². The first-order valence-corrected chi connectivity index (χ1v) is 6.06. The van der Waals surface area contributed by atoms with Gasteiger partial charge in [0, 0.05) is 18.3 Å². The van der Waals surface area contributed by atoms with Crippen molar-refractivity contribution in [2.24, 2.45) is 0 Å². The molecular weight excluding hydrogens is 264 g/mol. The van der Waals surface area contributed by atoms with Crippen LogP contribution in [-0.4, -0.2) is 22.9 Å². The molecule has 0 radical (unpaired) electrons. The molecule has 6 heteroatoms. The van der Waals surface area contributed by atoms with Gasteiger partial charge in [0.2, 0.25) is 0 Å². The third-order valence-corrected chi connectivity index (χ3v) is 2.64. The van der Waals surface area contributed by atoms with Crippen molar-refractivity contribution in [2.45, 2.75) is 6.92 Å². The third-order valence-electron chi connectivity index (χ3n) is 2.44. The SMILES string of the molecule is CNc1cc(C(=O)Nc2cccc(C)n2)cc(Cl)n1. The lowest BCUT2D eigenvalue weighted by Crippen LogP contribution is -2.13. The number of pyridine rings is 2. The molecule has 2 heterocycles. The summed E-state index contributed by atoms with van der Waals surface area (Å²) in [5, 5.41) is 5.82. The van der Waals surface area contributed by atoms with E-state index < -0.39 is 0 Å². The number of nitrogens with zero attached hydrogens (tertiary/aromatic N) is 2. The van der Waals surface area contributed by atoms with E-state index in [1.807, 2.05) is 19.1 Å². The highest BCUT2D eigenvalue weighted by Gasteiger charge is 2.10. The monoisotopic (exact) mass is 276 g/mol. The van der Waals surface area contributed by atoms with Gasteiger partial charge in [-0.15, -0.1) is 0 Å². The van der Waals surface area contributed by atoms with Crippen LogP contribution >= 0.6 is 11.6 Å². The third kappa shape index (κ3) is 3.42. The lowest BCUT2D eigenvalue weighted by molar-refractivity contribution is 0.102. The largest absolute Gasteiger partial charge is 0.373 e. The highest BCUT2D eigenvalue weighted by molar-refractivity contribution is 6.30. The van der Waals surface area contributed by atoms with Crippen molar-refractivity contribution in [3.8, 4) is 0 Å². The minimum absolute atomic E-state index is 0.259. The summed E-state index contributed by atoms with van der Waals surface area (Å²) in [6, 6.07) is 8.55. The first-order chi connectivity index (χ1) is 9.08. The van der Waals surface area contributed by atoms with E-state index in [0.29, 0.717) is 17.2 Å². The van der Waals surface area contributed by atoms with Gasteiger partial charge >= 0.3 is 0 Å². The number of carbonyl (C=O) groups is 1. The summed E-state index contributed by atoms with van der Waals surface area (Å²) in [4.78, 5) is 20.3. The molecule has 19 heavy (non-hydrogen) atoms. The zero-order valence-corrected chi connectivity index (χ0v) is 11.3. The summed E-state index contributed by atoms with van der Waals surface area (Å²) in [5.41, 5.74) is 1.26. The van der Waals surface area contributed by atoms with E-state index in [4.69, 9.17) is 11.6 Å². The van der Waals surface area contributed by atoms with E-state index in [-0.39, 0.29) is 11.1 Å². The van der Waals surface area contributed by atoms with Crippen LogP contribution in [0.1, 0.15) is 16.1 Å². The Morgan fingerprint density at radius 3 is 2.68 bits per heavy atom. The van der Waals surface area contributed by atoms with E-state index in [0.717, 1.165) is 5.69 Å². The van der Waals surface area contributed by atoms with Gasteiger partial charge in [0.15, 0.2) is 0 Å². The topological polar surface area (TPSA) is 66.9 Å². The number of nitrogens with one attached hydrogen (secondary N) is 2. The van der Waals surface area contributed by atoms with Crippen molar-refractivity contribution in [1.82, 2.24) is 9.97 Å². The Bertz CT molecular complexity index is 615. The van der Waals surface area contributed by atoms with E-state index in [1.54, 1.807) is 19.2 Å². The van der Waals surface area contributed by atoms with E-state index >= 15 is 0 Å². The van der Waals surface area contributed by atoms with Gasteiger partial charge in [0.05, 0.1) is 0 Å². The molecule has 0 aromatic carbocycles. The molecule has 0 spiro atoms. The van der Waals surface area contributed by atoms with Crippen LogP contribution in [0.3, 0.4) is 0 Å². The number of carbonyl (C=O) groups excluding carboxylic acids is 1. The van der Waals surface area contributed by atoms with Gasteiger partial charge in [-0.1, -0.05) is 17.7 Å². The second-order valence-electron chi connectivity index (χ2n) is 3.93. The molecule has 2 aromatic rings. The van der Waals surface area contributed by atoms with Crippen molar-refractivity contribution in [2.75, 3.05) is 17.7 Å². The van der Waals surface area contributed by atoms with Crippen LogP contribution in [0.5, 0.6) is 0 Å². The Morgan fingerprint density at radius 1 is 1.21 bits per heavy atom. The molecule has 0 saturated heterocycles. The lowest BCUT2D eigenvalue weighted by Gasteiger charge is -2.07. The Labute approximate surface area is 116 Å². The predicted octanol–water partition coefficient (Wildman–Crippen LogP) is 2.73. The van der Waals surface area contributed by atoms with Gasteiger partial charge < -0.3 is 10.6 Å². The number of hydrogen-bond donors (Lipinski definition) is 2. The molecule has 0 aliphatic carbocycles. The number of halogens is 1. The molecule has 0 aliphatic rings. The smallest absolute Gasteiger partial charge is 0.257 e.